The summed E-state index contributed by atoms with van der Waals surface area (Å²) in [7, 11) is 0. The molecule has 0 radical (unpaired) electrons. The summed E-state index contributed by atoms with van der Waals surface area (Å²) in [5.74, 6) is 1.17. The van der Waals surface area contributed by atoms with Crippen LogP contribution < -0.4 is 24.8 Å². The van der Waals surface area contributed by atoms with Gasteiger partial charge in [-0.1, -0.05) is 48.5 Å². The van der Waals surface area contributed by atoms with Gasteiger partial charge in [-0.2, -0.15) is 0 Å². The molecule has 3 aromatic rings. The highest BCUT2D eigenvalue weighted by Gasteiger charge is 2.17. The number of carbonyl (C=O) groups is 2. The molecule has 2 N–H and O–H groups in total. The van der Waals surface area contributed by atoms with E-state index in [0.717, 1.165) is 11.1 Å². The minimum absolute atomic E-state index is 0.210. The summed E-state index contributed by atoms with van der Waals surface area (Å²) in [4.78, 5) is 25.1. The van der Waals surface area contributed by atoms with Crippen LogP contribution >= 0.6 is 0 Å². The van der Waals surface area contributed by atoms with Gasteiger partial charge in [-0.3, -0.25) is 9.59 Å². The summed E-state index contributed by atoms with van der Waals surface area (Å²) in [6, 6.07) is 21.9. The van der Waals surface area contributed by atoms with Crippen molar-refractivity contribution in [1.82, 2.24) is 10.6 Å². The molecule has 0 fully saturated rings. The van der Waals surface area contributed by atoms with E-state index in [0.29, 0.717) is 42.6 Å². The lowest BCUT2D eigenvalue weighted by molar-refractivity contribution is -0.123. The van der Waals surface area contributed by atoms with E-state index < -0.39 is 0 Å². The van der Waals surface area contributed by atoms with Gasteiger partial charge in [-0.25, -0.2) is 0 Å². The van der Waals surface area contributed by atoms with E-state index >= 15 is 0 Å². The number of hydrogen-bond acceptors (Lipinski definition) is 5. The molecule has 7 nitrogen and oxygen atoms in total. The van der Waals surface area contributed by atoms with Gasteiger partial charge < -0.3 is 24.8 Å². The Morgan fingerprint density at radius 2 is 1.67 bits per heavy atom. The highest BCUT2D eigenvalue weighted by molar-refractivity contribution is 5.97. The molecule has 0 aromatic heterocycles. The summed E-state index contributed by atoms with van der Waals surface area (Å²) in [6.07, 6.45) is 0. The first kappa shape index (κ1) is 22.2. The van der Waals surface area contributed by atoms with Crippen LogP contribution in [0.3, 0.4) is 0 Å². The predicted molar refractivity (Wildman–Crippen MR) is 124 cm³/mol. The average molecular weight is 447 g/mol. The number of hydrogen-bond donors (Lipinski definition) is 2. The average Bonchev–Trinajstić information content (AvgIpc) is 2.86. The van der Waals surface area contributed by atoms with Gasteiger partial charge in [0.25, 0.3) is 11.8 Å². The van der Waals surface area contributed by atoms with Crippen molar-refractivity contribution in [2.24, 2.45) is 0 Å². The number of benzene rings is 3. The Hall–Kier alpha value is -4.00. The molecule has 0 bridgehead atoms. The van der Waals surface area contributed by atoms with E-state index in [9.17, 15) is 9.59 Å². The van der Waals surface area contributed by atoms with Crippen molar-refractivity contribution in [3.05, 3.63) is 89.5 Å². The van der Waals surface area contributed by atoms with Gasteiger partial charge in [0.05, 0.1) is 11.6 Å². The molecule has 4 rings (SSSR count). The Balaban J connectivity index is 1.32. The number of rotatable bonds is 8. The van der Waals surface area contributed by atoms with E-state index in [1.807, 2.05) is 55.5 Å². The predicted octanol–water partition coefficient (Wildman–Crippen LogP) is 3.64. The van der Waals surface area contributed by atoms with Crippen molar-refractivity contribution in [2.75, 3.05) is 19.8 Å². The maximum absolute atomic E-state index is 12.6. The number of fused-ring (bicyclic) bond motifs is 1. The minimum Gasteiger partial charge on any atom is -0.486 e. The van der Waals surface area contributed by atoms with Crippen LogP contribution in [0.2, 0.25) is 0 Å². The van der Waals surface area contributed by atoms with Gasteiger partial charge in [-0.15, -0.1) is 0 Å². The van der Waals surface area contributed by atoms with Crippen LogP contribution in [0.25, 0.3) is 0 Å². The van der Waals surface area contributed by atoms with Crippen molar-refractivity contribution in [3.63, 3.8) is 0 Å². The van der Waals surface area contributed by atoms with Crippen LogP contribution in [-0.4, -0.2) is 31.6 Å². The summed E-state index contributed by atoms with van der Waals surface area (Å²) >= 11 is 0. The summed E-state index contributed by atoms with van der Waals surface area (Å²) in [5, 5.41) is 5.79. The lowest BCUT2D eigenvalue weighted by atomic mass is 10.1. The Morgan fingerprint density at radius 3 is 2.48 bits per heavy atom. The maximum Gasteiger partial charge on any atom is 0.258 e. The third kappa shape index (κ3) is 5.83. The number of amides is 2. The zero-order valence-electron chi connectivity index (χ0n) is 18.4. The monoisotopic (exact) mass is 446 g/mol. The normalized spacial score (nSPS) is 13.0. The van der Waals surface area contributed by atoms with Crippen LogP contribution in [0, 0.1) is 0 Å². The number of carbonyl (C=O) groups excluding carboxylic acids is 2. The standard InChI is InChI=1S/C26H26N2O5/c1-18(20-11-12-23-24(15-20)32-14-13-31-23)28-25(29)17-33-22-10-6-5-9-21(22)26(30)27-16-19-7-3-2-4-8-19/h2-12,15,18H,13-14,16-17H2,1H3,(H,27,30)(H,28,29). The maximum atomic E-state index is 12.6. The quantitative estimate of drug-likeness (QED) is 0.552. The van der Waals surface area contributed by atoms with E-state index in [-0.39, 0.29) is 24.5 Å². The van der Waals surface area contributed by atoms with E-state index in [1.54, 1.807) is 24.3 Å². The second kappa shape index (κ2) is 10.5. The Labute approximate surface area is 192 Å². The van der Waals surface area contributed by atoms with Crippen LogP contribution in [0.15, 0.2) is 72.8 Å². The van der Waals surface area contributed by atoms with Crippen LogP contribution in [0.4, 0.5) is 0 Å². The summed E-state index contributed by atoms with van der Waals surface area (Å²) in [6.45, 7) is 3.11. The van der Waals surface area contributed by atoms with Gasteiger partial charge in [0.15, 0.2) is 18.1 Å². The Morgan fingerprint density at radius 1 is 0.939 bits per heavy atom. The molecule has 1 aliphatic rings. The molecular weight excluding hydrogens is 420 g/mol. The van der Waals surface area contributed by atoms with Crippen LogP contribution in [-0.2, 0) is 11.3 Å². The summed E-state index contributed by atoms with van der Waals surface area (Å²) in [5.41, 5.74) is 2.27. The van der Waals surface area contributed by atoms with E-state index in [2.05, 4.69) is 10.6 Å². The first-order chi connectivity index (χ1) is 16.1. The minimum atomic E-state index is -0.295. The van der Waals surface area contributed by atoms with Crippen LogP contribution in [0.5, 0.6) is 17.2 Å². The SMILES string of the molecule is CC(NC(=O)COc1ccccc1C(=O)NCc1ccccc1)c1ccc2c(c1)OCCO2. The molecule has 2 amide bonds. The molecule has 0 aliphatic carbocycles. The third-order valence-electron chi connectivity index (χ3n) is 5.23. The first-order valence-electron chi connectivity index (χ1n) is 10.8. The fourth-order valence-corrected chi connectivity index (χ4v) is 3.49. The van der Waals surface area contributed by atoms with Gasteiger partial charge in [-0.05, 0) is 42.3 Å². The van der Waals surface area contributed by atoms with E-state index in [1.165, 1.54) is 0 Å². The van der Waals surface area contributed by atoms with Crippen molar-refractivity contribution < 1.29 is 23.8 Å². The largest absolute Gasteiger partial charge is 0.486 e. The van der Waals surface area contributed by atoms with Gasteiger partial charge >= 0.3 is 0 Å². The molecule has 1 aliphatic heterocycles. The lowest BCUT2D eigenvalue weighted by Gasteiger charge is -2.21. The fraction of sp³-hybridized carbons (Fsp3) is 0.231. The van der Waals surface area contributed by atoms with Crippen molar-refractivity contribution in [2.45, 2.75) is 19.5 Å². The molecule has 0 saturated heterocycles. The smallest absolute Gasteiger partial charge is 0.258 e. The topological polar surface area (TPSA) is 85.9 Å². The highest BCUT2D eigenvalue weighted by atomic mass is 16.6. The molecule has 1 atom stereocenters. The molecular formula is C26H26N2O5. The van der Waals surface area contributed by atoms with Crippen molar-refractivity contribution >= 4 is 11.8 Å². The number of ether oxygens (including phenoxy) is 3. The molecule has 0 saturated carbocycles. The van der Waals surface area contributed by atoms with Gasteiger partial charge in [0, 0.05) is 6.54 Å². The third-order valence-corrected chi connectivity index (χ3v) is 5.23. The molecule has 0 spiro atoms. The Bertz CT molecular complexity index is 1120. The first-order valence-corrected chi connectivity index (χ1v) is 10.8. The van der Waals surface area contributed by atoms with Gasteiger partial charge in [0.2, 0.25) is 0 Å². The number of para-hydroxylation sites is 1. The molecule has 33 heavy (non-hydrogen) atoms. The fourth-order valence-electron chi connectivity index (χ4n) is 3.49. The lowest BCUT2D eigenvalue weighted by Crippen LogP contribution is -2.32. The van der Waals surface area contributed by atoms with Crippen LogP contribution in [0.1, 0.15) is 34.5 Å². The summed E-state index contributed by atoms with van der Waals surface area (Å²) < 4.78 is 16.8. The zero-order chi connectivity index (χ0) is 23.0. The zero-order valence-corrected chi connectivity index (χ0v) is 18.4. The Kier molecular flexibility index (Phi) is 7.09. The molecule has 3 aromatic carbocycles. The molecule has 7 heteroatoms. The van der Waals surface area contributed by atoms with Gasteiger partial charge in [0.1, 0.15) is 19.0 Å². The molecule has 170 valence electrons. The molecule has 1 heterocycles. The second-order valence-corrected chi connectivity index (χ2v) is 7.65. The van der Waals surface area contributed by atoms with Crippen molar-refractivity contribution in [1.29, 1.82) is 0 Å². The number of nitrogens with one attached hydrogen (secondary N) is 2. The highest BCUT2D eigenvalue weighted by Crippen LogP contribution is 2.32. The van der Waals surface area contributed by atoms with E-state index in [4.69, 9.17) is 14.2 Å². The van der Waals surface area contributed by atoms with Crippen molar-refractivity contribution in [3.8, 4) is 17.2 Å². The second-order valence-electron chi connectivity index (χ2n) is 7.65. The molecule has 1 unspecified atom stereocenters.